The first kappa shape index (κ1) is 13.9. The molecular weight excluding hydrogens is 272 g/mol. The Morgan fingerprint density at radius 3 is 2.95 bits per heavy atom. The Morgan fingerprint density at radius 1 is 1.35 bits per heavy atom. The Labute approximate surface area is 125 Å². The maximum absolute atomic E-state index is 12.6. The normalized spacial score (nSPS) is 26.1. The fourth-order valence-corrected chi connectivity index (χ4v) is 3.65. The van der Waals surface area contributed by atoms with Crippen LogP contribution in [0.5, 0.6) is 0 Å². The lowest BCUT2D eigenvalue weighted by molar-refractivity contribution is -0.133. The maximum atomic E-state index is 12.6. The average molecular weight is 293 g/mol. The van der Waals surface area contributed by atoms with Crippen molar-refractivity contribution in [1.82, 2.24) is 10.2 Å². The van der Waals surface area contributed by atoms with Gasteiger partial charge in [-0.1, -0.05) is 29.8 Å². The highest BCUT2D eigenvalue weighted by molar-refractivity contribution is 6.31. The van der Waals surface area contributed by atoms with Crippen LogP contribution in [0.3, 0.4) is 0 Å². The predicted molar refractivity (Wildman–Crippen MR) is 80.7 cm³/mol. The Bertz CT molecular complexity index is 485. The number of carbonyl (C=O) groups excluding carboxylic acids is 1. The number of nitrogens with zero attached hydrogens (tertiary/aromatic N) is 1. The zero-order valence-electron chi connectivity index (χ0n) is 11.6. The van der Waals surface area contributed by atoms with Crippen LogP contribution in [-0.2, 0) is 4.79 Å². The maximum Gasteiger partial charge on any atom is 0.223 e. The second-order valence-corrected chi connectivity index (χ2v) is 6.24. The van der Waals surface area contributed by atoms with Gasteiger partial charge in [-0.25, -0.2) is 0 Å². The molecule has 20 heavy (non-hydrogen) atoms. The first-order chi connectivity index (χ1) is 9.75. The zero-order valence-corrected chi connectivity index (χ0v) is 12.4. The van der Waals surface area contributed by atoms with Crippen molar-refractivity contribution < 1.29 is 4.79 Å². The summed E-state index contributed by atoms with van der Waals surface area (Å²) in [5, 5.41) is 4.11. The van der Waals surface area contributed by atoms with Crippen LogP contribution in [0.15, 0.2) is 24.3 Å². The molecule has 2 aliphatic heterocycles. The number of nitrogens with one attached hydrogen (secondary N) is 1. The van der Waals surface area contributed by atoms with Crippen LogP contribution < -0.4 is 5.32 Å². The van der Waals surface area contributed by atoms with E-state index in [-0.39, 0.29) is 6.04 Å². The van der Waals surface area contributed by atoms with Gasteiger partial charge in [0.25, 0.3) is 0 Å². The molecule has 0 radical (unpaired) electrons. The largest absolute Gasteiger partial charge is 0.336 e. The standard InChI is InChI=1S/C16H21ClN2O/c17-14-5-2-1-4-13(14)15-6-3-9-19(15)16(20)10-12-7-8-18-11-12/h1-2,4-5,12,15,18H,3,6-11H2. The Balaban J connectivity index is 1.72. The van der Waals surface area contributed by atoms with E-state index in [1.165, 1.54) is 0 Å². The molecule has 2 saturated heterocycles. The summed E-state index contributed by atoms with van der Waals surface area (Å²) in [4.78, 5) is 14.6. The molecule has 1 N–H and O–H groups in total. The van der Waals surface area contributed by atoms with Crippen LogP contribution in [-0.4, -0.2) is 30.4 Å². The van der Waals surface area contributed by atoms with E-state index < -0.39 is 0 Å². The fourth-order valence-electron chi connectivity index (χ4n) is 3.39. The van der Waals surface area contributed by atoms with Gasteiger partial charge in [0.15, 0.2) is 0 Å². The van der Waals surface area contributed by atoms with E-state index in [4.69, 9.17) is 11.6 Å². The topological polar surface area (TPSA) is 32.3 Å². The van der Waals surface area contributed by atoms with Gasteiger partial charge in [-0.15, -0.1) is 0 Å². The highest BCUT2D eigenvalue weighted by Gasteiger charge is 2.32. The summed E-state index contributed by atoms with van der Waals surface area (Å²) >= 11 is 6.30. The van der Waals surface area contributed by atoms with Crippen LogP contribution in [0, 0.1) is 5.92 Å². The molecule has 0 spiro atoms. The highest BCUT2D eigenvalue weighted by Crippen LogP contribution is 2.36. The minimum atomic E-state index is 0.172. The molecule has 3 nitrogen and oxygen atoms in total. The lowest BCUT2D eigenvalue weighted by atomic mass is 10.0. The van der Waals surface area contributed by atoms with Crippen LogP contribution >= 0.6 is 11.6 Å². The number of likely N-dealkylation sites (tertiary alicyclic amines) is 1. The van der Waals surface area contributed by atoms with Gasteiger partial charge < -0.3 is 10.2 Å². The molecule has 1 amide bonds. The lowest BCUT2D eigenvalue weighted by Gasteiger charge is -2.27. The molecule has 0 saturated carbocycles. The Hall–Kier alpha value is -1.06. The molecule has 0 bridgehead atoms. The van der Waals surface area contributed by atoms with Gasteiger partial charge in [-0.05, 0) is 49.9 Å². The van der Waals surface area contributed by atoms with Crippen molar-refractivity contribution in [3.05, 3.63) is 34.9 Å². The van der Waals surface area contributed by atoms with E-state index in [1.54, 1.807) is 0 Å². The van der Waals surface area contributed by atoms with Gasteiger partial charge in [-0.2, -0.15) is 0 Å². The molecule has 0 aromatic heterocycles. The summed E-state index contributed by atoms with van der Waals surface area (Å²) in [7, 11) is 0. The minimum Gasteiger partial charge on any atom is -0.336 e. The summed E-state index contributed by atoms with van der Waals surface area (Å²) in [6, 6.07) is 8.08. The number of hydrogen-bond donors (Lipinski definition) is 1. The number of benzene rings is 1. The van der Waals surface area contributed by atoms with Crippen molar-refractivity contribution in [3.63, 3.8) is 0 Å². The van der Waals surface area contributed by atoms with Gasteiger partial charge in [-0.3, -0.25) is 4.79 Å². The molecule has 4 heteroatoms. The second kappa shape index (κ2) is 6.15. The van der Waals surface area contributed by atoms with Crippen molar-refractivity contribution in [2.24, 2.45) is 5.92 Å². The quantitative estimate of drug-likeness (QED) is 0.929. The van der Waals surface area contributed by atoms with Crippen molar-refractivity contribution >= 4 is 17.5 Å². The van der Waals surface area contributed by atoms with Gasteiger partial charge in [0, 0.05) is 18.0 Å². The number of amides is 1. The summed E-state index contributed by atoms with van der Waals surface area (Å²) in [6.45, 7) is 2.90. The molecule has 2 atom stereocenters. The van der Waals surface area contributed by atoms with E-state index >= 15 is 0 Å². The molecule has 3 rings (SSSR count). The van der Waals surface area contributed by atoms with E-state index in [1.807, 2.05) is 23.1 Å². The van der Waals surface area contributed by atoms with Gasteiger partial charge in [0.05, 0.1) is 6.04 Å². The van der Waals surface area contributed by atoms with Gasteiger partial charge in [0.2, 0.25) is 5.91 Å². The smallest absolute Gasteiger partial charge is 0.223 e. The van der Waals surface area contributed by atoms with E-state index in [0.29, 0.717) is 18.2 Å². The zero-order chi connectivity index (χ0) is 13.9. The third-order valence-electron chi connectivity index (χ3n) is 4.46. The third kappa shape index (κ3) is 2.84. The van der Waals surface area contributed by atoms with Crippen LogP contribution in [0.4, 0.5) is 0 Å². The molecular formula is C16H21ClN2O. The first-order valence-corrected chi connectivity index (χ1v) is 7.88. The number of halogens is 1. The van der Waals surface area contributed by atoms with E-state index in [9.17, 15) is 4.79 Å². The second-order valence-electron chi connectivity index (χ2n) is 5.83. The van der Waals surface area contributed by atoms with Crippen molar-refractivity contribution in [2.45, 2.75) is 31.7 Å². The monoisotopic (exact) mass is 292 g/mol. The molecule has 0 aliphatic carbocycles. The fraction of sp³-hybridized carbons (Fsp3) is 0.562. The van der Waals surface area contributed by atoms with Crippen molar-refractivity contribution in [3.8, 4) is 0 Å². The third-order valence-corrected chi connectivity index (χ3v) is 4.81. The van der Waals surface area contributed by atoms with E-state index in [2.05, 4.69) is 11.4 Å². The number of hydrogen-bond acceptors (Lipinski definition) is 2. The minimum absolute atomic E-state index is 0.172. The summed E-state index contributed by atoms with van der Waals surface area (Å²) in [5.74, 6) is 0.802. The summed E-state index contributed by atoms with van der Waals surface area (Å²) < 4.78 is 0. The highest BCUT2D eigenvalue weighted by atomic mass is 35.5. The van der Waals surface area contributed by atoms with E-state index in [0.717, 1.165) is 49.5 Å². The van der Waals surface area contributed by atoms with Crippen LogP contribution in [0.2, 0.25) is 5.02 Å². The molecule has 2 aliphatic rings. The van der Waals surface area contributed by atoms with Crippen LogP contribution in [0.25, 0.3) is 0 Å². The summed E-state index contributed by atoms with van der Waals surface area (Å²) in [5.41, 5.74) is 1.10. The van der Waals surface area contributed by atoms with Gasteiger partial charge in [0.1, 0.15) is 0 Å². The molecule has 1 aromatic rings. The predicted octanol–water partition coefficient (Wildman–Crippen LogP) is 3.00. The molecule has 1 aromatic carbocycles. The summed E-state index contributed by atoms with van der Waals surface area (Å²) in [6.07, 6.45) is 3.90. The average Bonchev–Trinajstić information content (AvgIpc) is 3.09. The molecule has 2 fully saturated rings. The number of rotatable bonds is 3. The van der Waals surface area contributed by atoms with Crippen molar-refractivity contribution in [1.29, 1.82) is 0 Å². The van der Waals surface area contributed by atoms with Gasteiger partial charge >= 0.3 is 0 Å². The first-order valence-electron chi connectivity index (χ1n) is 7.50. The molecule has 2 unspecified atom stereocenters. The SMILES string of the molecule is O=C(CC1CCNC1)N1CCCC1c1ccccc1Cl. The Kier molecular flexibility index (Phi) is 4.27. The van der Waals surface area contributed by atoms with Crippen LogP contribution in [0.1, 0.15) is 37.3 Å². The lowest BCUT2D eigenvalue weighted by Crippen LogP contribution is -2.32. The molecule has 108 valence electrons. The molecule has 2 heterocycles. The number of carbonyl (C=O) groups is 1. The Morgan fingerprint density at radius 2 is 2.20 bits per heavy atom. The van der Waals surface area contributed by atoms with Crippen molar-refractivity contribution in [2.75, 3.05) is 19.6 Å².